The van der Waals surface area contributed by atoms with Crippen LogP contribution in [-0.4, -0.2) is 23.1 Å². The SMILES string of the molecule is CCCCCCCCC/C=C\CCCCCCCCCC(=O)OC(CCCCCCCCCC)CCCCCCCC(=O)O. The average Bonchev–Trinajstić information content (AvgIpc) is 3.00. The van der Waals surface area contributed by atoms with E-state index in [4.69, 9.17) is 9.84 Å². The Bertz CT molecular complexity index is 629. The van der Waals surface area contributed by atoms with Crippen LogP contribution in [0.5, 0.6) is 0 Å². The van der Waals surface area contributed by atoms with Crippen LogP contribution in [0.4, 0.5) is 0 Å². The van der Waals surface area contributed by atoms with Gasteiger partial charge in [0.2, 0.25) is 0 Å². The summed E-state index contributed by atoms with van der Waals surface area (Å²) in [6, 6.07) is 0. The third-order valence-electron chi connectivity index (χ3n) is 8.99. The highest BCUT2D eigenvalue weighted by Gasteiger charge is 2.14. The molecule has 0 amide bonds. The first-order chi connectivity index (χ1) is 21.6. The van der Waals surface area contributed by atoms with Crippen molar-refractivity contribution in [3.05, 3.63) is 12.2 Å². The molecule has 0 spiro atoms. The van der Waals surface area contributed by atoms with Crippen LogP contribution >= 0.6 is 0 Å². The van der Waals surface area contributed by atoms with Crippen LogP contribution in [0.25, 0.3) is 0 Å². The maximum atomic E-state index is 12.6. The number of carbonyl (C=O) groups excluding carboxylic acids is 1. The van der Waals surface area contributed by atoms with Crippen molar-refractivity contribution < 1.29 is 19.4 Å². The molecular weight excluding hydrogens is 544 g/mol. The minimum absolute atomic E-state index is 0.000644. The van der Waals surface area contributed by atoms with E-state index in [9.17, 15) is 9.59 Å². The lowest BCUT2D eigenvalue weighted by molar-refractivity contribution is -0.150. The molecule has 1 N–H and O–H groups in total. The van der Waals surface area contributed by atoms with Gasteiger partial charge in [0, 0.05) is 12.8 Å². The summed E-state index contributed by atoms with van der Waals surface area (Å²) in [5.74, 6) is -0.700. The second kappa shape index (κ2) is 36.2. The van der Waals surface area contributed by atoms with Crippen molar-refractivity contribution in [1.82, 2.24) is 0 Å². The van der Waals surface area contributed by atoms with Gasteiger partial charge in [0.05, 0.1) is 0 Å². The van der Waals surface area contributed by atoms with Crippen molar-refractivity contribution in [3.8, 4) is 0 Å². The van der Waals surface area contributed by atoms with Gasteiger partial charge in [0.1, 0.15) is 6.10 Å². The molecular formula is C40H76O4. The number of aliphatic carboxylic acids is 1. The lowest BCUT2D eigenvalue weighted by atomic mass is 10.0. The number of unbranched alkanes of at least 4 members (excludes halogenated alkanes) is 25. The lowest BCUT2D eigenvalue weighted by Gasteiger charge is -2.18. The molecule has 44 heavy (non-hydrogen) atoms. The van der Waals surface area contributed by atoms with E-state index in [1.807, 2.05) is 0 Å². The standard InChI is InChI=1S/C40H76O4/c1-3-5-7-9-11-13-14-15-16-17-18-19-20-21-22-24-29-33-37-40(43)44-38(34-30-26-23-12-10-8-6-4-2)35-31-27-25-28-32-36-39(41)42/h16-17,38H,3-15,18-37H2,1-2H3,(H,41,42)/b17-16-. The third kappa shape index (κ3) is 35.2. The Morgan fingerprint density at radius 1 is 0.477 bits per heavy atom. The highest BCUT2D eigenvalue weighted by molar-refractivity contribution is 5.69. The average molecular weight is 621 g/mol. The number of allylic oxidation sites excluding steroid dienone is 2. The number of carboxylic acid groups (broad SMARTS) is 1. The van der Waals surface area contributed by atoms with E-state index in [0.29, 0.717) is 6.42 Å². The first-order valence-electron chi connectivity index (χ1n) is 19.7. The van der Waals surface area contributed by atoms with Gasteiger partial charge in [0.15, 0.2) is 0 Å². The molecule has 0 rings (SSSR count). The minimum atomic E-state index is -0.699. The largest absolute Gasteiger partial charge is 0.481 e. The monoisotopic (exact) mass is 621 g/mol. The van der Waals surface area contributed by atoms with Crippen LogP contribution in [0.1, 0.15) is 226 Å². The Hall–Kier alpha value is -1.32. The van der Waals surface area contributed by atoms with E-state index in [2.05, 4.69) is 26.0 Å². The number of ether oxygens (including phenoxy) is 1. The Labute approximate surface area is 275 Å². The molecule has 0 radical (unpaired) electrons. The third-order valence-corrected chi connectivity index (χ3v) is 8.99. The van der Waals surface area contributed by atoms with Crippen molar-refractivity contribution >= 4 is 11.9 Å². The maximum Gasteiger partial charge on any atom is 0.306 e. The van der Waals surface area contributed by atoms with Crippen molar-refractivity contribution in [1.29, 1.82) is 0 Å². The number of esters is 1. The zero-order chi connectivity index (χ0) is 32.2. The molecule has 0 fully saturated rings. The minimum Gasteiger partial charge on any atom is -0.481 e. The Morgan fingerprint density at radius 3 is 1.23 bits per heavy atom. The molecule has 0 heterocycles. The summed E-state index contributed by atoms with van der Waals surface area (Å²) in [5.41, 5.74) is 0. The van der Waals surface area contributed by atoms with E-state index < -0.39 is 5.97 Å². The van der Waals surface area contributed by atoms with Crippen LogP contribution in [-0.2, 0) is 14.3 Å². The fourth-order valence-electron chi connectivity index (χ4n) is 6.06. The second-order valence-corrected chi connectivity index (χ2v) is 13.5. The molecule has 260 valence electrons. The quantitative estimate of drug-likeness (QED) is 0.0430. The molecule has 1 unspecified atom stereocenters. The Kier molecular flexibility index (Phi) is 35.1. The van der Waals surface area contributed by atoms with Crippen molar-refractivity contribution in [3.63, 3.8) is 0 Å². The van der Waals surface area contributed by atoms with Gasteiger partial charge in [-0.2, -0.15) is 0 Å². The highest BCUT2D eigenvalue weighted by atomic mass is 16.5. The van der Waals surface area contributed by atoms with Crippen molar-refractivity contribution in [2.45, 2.75) is 232 Å². The van der Waals surface area contributed by atoms with Crippen molar-refractivity contribution in [2.24, 2.45) is 0 Å². The summed E-state index contributed by atoms with van der Waals surface area (Å²) < 4.78 is 5.98. The molecule has 0 aromatic rings. The Balaban J connectivity index is 3.89. The van der Waals surface area contributed by atoms with Crippen LogP contribution in [0, 0.1) is 0 Å². The molecule has 0 aromatic carbocycles. The van der Waals surface area contributed by atoms with Gasteiger partial charge in [-0.1, -0.05) is 161 Å². The van der Waals surface area contributed by atoms with Gasteiger partial charge in [-0.05, 0) is 64.2 Å². The molecule has 0 aromatic heterocycles. The first kappa shape index (κ1) is 42.7. The fourth-order valence-corrected chi connectivity index (χ4v) is 6.06. The fraction of sp³-hybridized carbons (Fsp3) is 0.900. The van der Waals surface area contributed by atoms with E-state index in [1.54, 1.807) is 0 Å². The zero-order valence-corrected chi connectivity index (χ0v) is 29.7. The van der Waals surface area contributed by atoms with Crippen LogP contribution in [0.15, 0.2) is 12.2 Å². The summed E-state index contributed by atoms with van der Waals surface area (Å²) in [5, 5.41) is 8.79. The summed E-state index contributed by atoms with van der Waals surface area (Å²) in [6.45, 7) is 4.54. The Morgan fingerprint density at radius 2 is 0.818 bits per heavy atom. The molecule has 0 aliphatic heterocycles. The molecule has 4 nitrogen and oxygen atoms in total. The number of hydrogen-bond donors (Lipinski definition) is 1. The van der Waals surface area contributed by atoms with Crippen LogP contribution in [0.2, 0.25) is 0 Å². The summed E-state index contributed by atoms with van der Waals surface area (Å²) in [6.07, 6.45) is 43.8. The van der Waals surface area contributed by atoms with Gasteiger partial charge in [-0.25, -0.2) is 0 Å². The molecule has 0 bridgehead atoms. The molecule has 0 aliphatic rings. The van der Waals surface area contributed by atoms with Gasteiger partial charge >= 0.3 is 11.9 Å². The van der Waals surface area contributed by atoms with E-state index in [0.717, 1.165) is 64.2 Å². The smallest absolute Gasteiger partial charge is 0.306 e. The zero-order valence-electron chi connectivity index (χ0n) is 29.7. The van der Waals surface area contributed by atoms with E-state index >= 15 is 0 Å². The number of rotatable bonds is 36. The van der Waals surface area contributed by atoms with E-state index in [-0.39, 0.29) is 18.5 Å². The summed E-state index contributed by atoms with van der Waals surface area (Å²) in [7, 11) is 0. The number of hydrogen-bond acceptors (Lipinski definition) is 3. The van der Waals surface area contributed by atoms with Crippen LogP contribution < -0.4 is 0 Å². The second-order valence-electron chi connectivity index (χ2n) is 13.5. The lowest BCUT2D eigenvalue weighted by Crippen LogP contribution is -2.18. The summed E-state index contributed by atoms with van der Waals surface area (Å²) in [4.78, 5) is 23.3. The maximum absolute atomic E-state index is 12.6. The van der Waals surface area contributed by atoms with Gasteiger partial charge in [-0.15, -0.1) is 0 Å². The first-order valence-corrected chi connectivity index (χ1v) is 19.7. The van der Waals surface area contributed by atoms with Gasteiger partial charge in [0.25, 0.3) is 0 Å². The topological polar surface area (TPSA) is 63.6 Å². The normalized spacial score (nSPS) is 12.2. The van der Waals surface area contributed by atoms with E-state index in [1.165, 1.54) is 135 Å². The predicted molar refractivity (Wildman–Crippen MR) is 190 cm³/mol. The predicted octanol–water partition coefficient (Wildman–Crippen LogP) is 13.5. The molecule has 0 aliphatic carbocycles. The molecule has 0 saturated heterocycles. The van der Waals surface area contributed by atoms with Gasteiger partial charge in [-0.3, -0.25) is 9.59 Å². The van der Waals surface area contributed by atoms with Gasteiger partial charge < -0.3 is 9.84 Å². The molecule has 1 atom stereocenters. The summed E-state index contributed by atoms with van der Waals surface area (Å²) >= 11 is 0. The molecule has 4 heteroatoms. The number of carboxylic acids is 1. The van der Waals surface area contributed by atoms with Crippen molar-refractivity contribution in [2.75, 3.05) is 0 Å². The van der Waals surface area contributed by atoms with Crippen LogP contribution in [0.3, 0.4) is 0 Å². The highest BCUT2D eigenvalue weighted by Crippen LogP contribution is 2.19. The molecule has 0 saturated carbocycles. The number of carbonyl (C=O) groups is 2.